The molecule has 0 bridgehead atoms. The number of hydrogen-bond acceptors (Lipinski definition) is 6. The normalized spacial score (nSPS) is 15.5. The van der Waals surface area contributed by atoms with Gasteiger partial charge in [-0.3, -0.25) is 13.8 Å². The number of carbonyl (C=O) groups excluding carboxylic acids is 1. The number of nitrogens with two attached hydrogens (primary N) is 1. The summed E-state index contributed by atoms with van der Waals surface area (Å²) in [7, 11) is -4.33. The van der Waals surface area contributed by atoms with Gasteiger partial charge in [-0.2, -0.15) is 0 Å². The van der Waals surface area contributed by atoms with Gasteiger partial charge in [-0.1, -0.05) is 100 Å². The first-order valence-electron chi connectivity index (χ1n) is 15.4. The fourth-order valence-electron chi connectivity index (χ4n) is 3.77. The van der Waals surface area contributed by atoms with Gasteiger partial charge < -0.3 is 21.1 Å². The van der Waals surface area contributed by atoms with Crippen LogP contribution in [0.1, 0.15) is 104 Å². The van der Waals surface area contributed by atoms with Crippen molar-refractivity contribution in [1.82, 2.24) is 5.32 Å². The summed E-state index contributed by atoms with van der Waals surface area (Å²) in [6.45, 7) is 3.87. The van der Waals surface area contributed by atoms with Crippen LogP contribution in [-0.4, -0.2) is 47.8 Å². The Balaban J connectivity index is 4.48. The molecule has 5 N–H and O–H groups in total. The second kappa shape index (κ2) is 28.3. The Morgan fingerprint density at radius 3 is 2.05 bits per heavy atom. The van der Waals surface area contributed by atoms with Crippen molar-refractivity contribution in [2.45, 2.75) is 116 Å². The largest absolute Gasteiger partial charge is 0.472 e. The van der Waals surface area contributed by atoms with E-state index in [9.17, 15) is 19.4 Å². The number of rotatable bonds is 27. The van der Waals surface area contributed by atoms with Gasteiger partial charge in [-0.05, 0) is 57.8 Å². The minimum Gasteiger partial charge on any atom is -0.387 e. The zero-order valence-corrected chi connectivity index (χ0v) is 26.4. The second-order valence-corrected chi connectivity index (χ2v) is 11.4. The molecular weight excluding hydrogens is 539 g/mol. The van der Waals surface area contributed by atoms with Crippen molar-refractivity contribution in [1.29, 1.82) is 0 Å². The molecule has 0 rings (SSSR count). The summed E-state index contributed by atoms with van der Waals surface area (Å²) in [6, 6.07) is -0.880. The number of amides is 1. The molecule has 0 aromatic rings. The summed E-state index contributed by atoms with van der Waals surface area (Å²) >= 11 is 0. The van der Waals surface area contributed by atoms with Gasteiger partial charge in [0.05, 0.1) is 25.4 Å². The Bertz CT molecular complexity index is 825. The number of hydrogen-bond donors (Lipinski definition) is 4. The summed E-state index contributed by atoms with van der Waals surface area (Å²) in [5, 5.41) is 13.4. The molecule has 0 fully saturated rings. The molecular formula is C32H57N2O6P. The maximum atomic E-state index is 12.5. The smallest absolute Gasteiger partial charge is 0.387 e. The summed E-state index contributed by atoms with van der Waals surface area (Å²) in [5.41, 5.74) is 5.31. The van der Waals surface area contributed by atoms with Crippen LogP contribution >= 0.6 is 7.82 Å². The summed E-state index contributed by atoms with van der Waals surface area (Å²) in [6.07, 6.45) is 32.9. The number of phosphoric ester groups is 1. The molecule has 0 aliphatic heterocycles. The van der Waals surface area contributed by atoms with E-state index in [1.807, 2.05) is 6.08 Å². The van der Waals surface area contributed by atoms with E-state index in [2.05, 4.69) is 67.8 Å². The molecule has 9 heteroatoms. The molecule has 0 aliphatic rings. The van der Waals surface area contributed by atoms with E-state index >= 15 is 0 Å². The van der Waals surface area contributed by atoms with Crippen LogP contribution in [0.3, 0.4) is 0 Å². The highest BCUT2D eigenvalue weighted by atomic mass is 31.2. The number of nitrogens with one attached hydrogen (secondary N) is 1. The number of allylic oxidation sites excluding steroid dienone is 9. The molecule has 0 aromatic carbocycles. The number of phosphoric acid groups is 1. The standard InChI is InChI=1S/C32H57N2O6P/c1-3-5-7-9-11-12-13-14-15-16-17-18-20-22-24-26-32(36)34-30(29-40-41(37,38)39-28-27-33)31(35)25-23-21-19-10-8-6-4-2/h5,7,11-12,14-15,17-18,23,25,30-31,35H,3-4,6,8-10,13,16,19-22,24,26-29,33H2,1-2H3,(H,34,36)(H,37,38)/b7-5-,12-11-,15-14-,18-17-,25-23+. The Morgan fingerprint density at radius 1 is 0.829 bits per heavy atom. The average Bonchev–Trinajstić information content (AvgIpc) is 2.95. The van der Waals surface area contributed by atoms with Crippen LogP contribution in [0.15, 0.2) is 60.8 Å². The van der Waals surface area contributed by atoms with Gasteiger partial charge in [-0.15, -0.1) is 0 Å². The van der Waals surface area contributed by atoms with Gasteiger partial charge in [0.2, 0.25) is 5.91 Å². The molecule has 0 aromatic heterocycles. The van der Waals surface area contributed by atoms with Crippen LogP contribution in [0.5, 0.6) is 0 Å². The Kier molecular flexibility index (Phi) is 27.1. The minimum absolute atomic E-state index is 0.0681. The fraction of sp³-hybridized carbons (Fsp3) is 0.656. The van der Waals surface area contributed by atoms with Crippen molar-refractivity contribution in [3.8, 4) is 0 Å². The van der Waals surface area contributed by atoms with Crippen molar-refractivity contribution in [3.63, 3.8) is 0 Å². The third kappa shape index (κ3) is 26.8. The van der Waals surface area contributed by atoms with Crippen LogP contribution in [-0.2, 0) is 18.4 Å². The van der Waals surface area contributed by atoms with Crippen molar-refractivity contribution in [2.75, 3.05) is 19.8 Å². The van der Waals surface area contributed by atoms with Gasteiger partial charge in [0.15, 0.2) is 0 Å². The lowest BCUT2D eigenvalue weighted by atomic mass is 10.1. The third-order valence-corrected chi connectivity index (χ3v) is 7.08. The zero-order valence-electron chi connectivity index (χ0n) is 25.5. The SMILES string of the molecule is CC/C=C\C/C=C\C/C=C\C/C=C\CCCCC(=O)NC(COP(=O)(O)OCCN)C(O)/C=C/CCCCCCC. The number of aliphatic hydroxyl groups is 1. The Morgan fingerprint density at radius 2 is 1.41 bits per heavy atom. The molecule has 236 valence electrons. The molecule has 0 saturated carbocycles. The number of carbonyl (C=O) groups is 1. The number of aliphatic hydroxyl groups excluding tert-OH is 1. The van der Waals surface area contributed by atoms with Crippen molar-refractivity contribution < 1.29 is 28.4 Å². The fourth-order valence-corrected chi connectivity index (χ4v) is 4.52. The average molecular weight is 597 g/mol. The number of unbranched alkanes of at least 4 members (excludes halogenated alkanes) is 7. The van der Waals surface area contributed by atoms with Gasteiger partial charge in [-0.25, -0.2) is 4.57 Å². The van der Waals surface area contributed by atoms with E-state index in [0.29, 0.717) is 12.8 Å². The summed E-state index contributed by atoms with van der Waals surface area (Å²) in [5.74, 6) is -0.244. The maximum Gasteiger partial charge on any atom is 0.472 e. The lowest BCUT2D eigenvalue weighted by Crippen LogP contribution is -2.45. The molecule has 1 amide bonds. The van der Waals surface area contributed by atoms with Crippen LogP contribution in [0.2, 0.25) is 0 Å². The first-order valence-corrected chi connectivity index (χ1v) is 16.9. The van der Waals surface area contributed by atoms with Gasteiger partial charge >= 0.3 is 7.82 Å². The lowest BCUT2D eigenvalue weighted by Gasteiger charge is -2.23. The molecule has 8 nitrogen and oxygen atoms in total. The third-order valence-electron chi connectivity index (χ3n) is 6.10. The van der Waals surface area contributed by atoms with Crippen LogP contribution in [0.4, 0.5) is 0 Å². The van der Waals surface area contributed by atoms with Crippen LogP contribution < -0.4 is 11.1 Å². The molecule has 3 atom stereocenters. The molecule has 0 spiro atoms. The van der Waals surface area contributed by atoms with Crippen LogP contribution in [0.25, 0.3) is 0 Å². The highest BCUT2D eigenvalue weighted by Crippen LogP contribution is 2.43. The van der Waals surface area contributed by atoms with E-state index in [-0.39, 0.29) is 25.7 Å². The predicted octanol–water partition coefficient (Wildman–Crippen LogP) is 7.21. The van der Waals surface area contributed by atoms with E-state index in [4.69, 9.17) is 14.8 Å². The summed E-state index contributed by atoms with van der Waals surface area (Å²) in [4.78, 5) is 22.4. The van der Waals surface area contributed by atoms with Crippen molar-refractivity contribution >= 4 is 13.7 Å². The Hall–Kier alpha value is -1.80. The van der Waals surface area contributed by atoms with Gasteiger partial charge in [0.1, 0.15) is 0 Å². The van der Waals surface area contributed by atoms with Crippen molar-refractivity contribution in [2.24, 2.45) is 5.73 Å². The molecule has 0 heterocycles. The zero-order chi connectivity index (χ0) is 30.4. The van der Waals surface area contributed by atoms with E-state index in [0.717, 1.165) is 57.8 Å². The molecule has 3 unspecified atom stereocenters. The predicted molar refractivity (Wildman–Crippen MR) is 170 cm³/mol. The molecule has 0 radical (unpaired) electrons. The van der Waals surface area contributed by atoms with Crippen LogP contribution in [0, 0.1) is 0 Å². The van der Waals surface area contributed by atoms with E-state index in [1.54, 1.807) is 6.08 Å². The second-order valence-electron chi connectivity index (χ2n) is 9.93. The minimum atomic E-state index is -4.33. The first kappa shape index (κ1) is 39.2. The quantitative estimate of drug-likeness (QED) is 0.0448. The lowest BCUT2D eigenvalue weighted by molar-refractivity contribution is -0.123. The van der Waals surface area contributed by atoms with Gasteiger partial charge in [0, 0.05) is 13.0 Å². The highest BCUT2D eigenvalue weighted by molar-refractivity contribution is 7.47. The van der Waals surface area contributed by atoms with E-state index < -0.39 is 20.0 Å². The van der Waals surface area contributed by atoms with E-state index in [1.165, 1.54) is 19.3 Å². The monoisotopic (exact) mass is 596 g/mol. The Labute approximate surface area is 249 Å². The van der Waals surface area contributed by atoms with Crippen molar-refractivity contribution in [3.05, 3.63) is 60.8 Å². The highest BCUT2D eigenvalue weighted by Gasteiger charge is 2.26. The summed E-state index contributed by atoms with van der Waals surface area (Å²) < 4.78 is 21.8. The first-order chi connectivity index (χ1) is 19.9. The molecule has 0 aliphatic carbocycles. The molecule has 41 heavy (non-hydrogen) atoms. The maximum absolute atomic E-state index is 12.5. The van der Waals surface area contributed by atoms with Gasteiger partial charge in [0.25, 0.3) is 0 Å². The topological polar surface area (TPSA) is 131 Å². The molecule has 0 saturated heterocycles.